The van der Waals surface area contributed by atoms with Crippen LogP contribution in [0.3, 0.4) is 0 Å². The molecule has 2 atom stereocenters. The molecular formula is C94H155NO8. The van der Waals surface area contributed by atoms with Crippen LogP contribution in [0.5, 0.6) is 0 Å². The number of quaternary nitrogens is 1. The lowest BCUT2D eigenvalue weighted by Crippen LogP contribution is -2.44. The maximum Gasteiger partial charge on any atom is 0.306 e. The molecule has 0 bridgehead atoms. The van der Waals surface area contributed by atoms with Crippen molar-refractivity contribution < 1.29 is 42.9 Å². The van der Waals surface area contributed by atoms with Crippen LogP contribution in [0.2, 0.25) is 0 Å². The number of aliphatic carboxylic acids is 1. The average Bonchev–Trinajstić information content (AvgIpc) is 0.985. The Morgan fingerprint density at radius 1 is 0.291 bits per heavy atom. The summed E-state index contributed by atoms with van der Waals surface area (Å²) in [5.41, 5.74) is 0. The predicted molar refractivity (Wildman–Crippen MR) is 444 cm³/mol. The van der Waals surface area contributed by atoms with Crippen LogP contribution in [-0.4, -0.2) is 82.3 Å². The standard InChI is InChI=1S/C94H155NO8/c1-6-8-10-12-14-16-18-20-22-24-26-28-30-32-34-36-38-40-42-44-46-48-50-52-54-56-58-60-62-64-66-68-70-72-74-76-78-80-82-84-91(96)101-88-90(89-102-94(93(98)99)100-87-86-95(3,4)5)103-92(97)85-83-81-79-77-75-73-71-69-67-65-63-61-59-57-55-53-51-49-47-45-43-41-39-37-35-33-31-29-27-25-23-21-19-17-15-13-11-9-7-2/h8-11,14-17,20-23,26-29,33,35,39,41,45,47,51,53,57,59,63,65,69,71,90,94H,6-7,12-13,18-19,24-25,30-32,34,36-38,40,42-44,46,48-50,52,54-56,58,60-62,64,66-68,70,72-89H2,1-5H3/b10-8-,11-9-,16-14-,17-15-,22-20-,23-21-,28-26-,29-27-,35-33-,41-39-,47-45-,53-51-,59-57-,65-63-,71-69-. The molecule has 0 fully saturated rings. The molecule has 0 aromatic heterocycles. The molecule has 0 aliphatic heterocycles. The fourth-order valence-electron chi connectivity index (χ4n) is 11.4. The largest absolute Gasteiger partial charge is 0.545 e. The molecule has 103 heavy (non-hydrogen) atoms. The normalized spacial score (nSPS) is 13.6. The van der Waals surface area contributed by atoms with Crippen LogP contribution in [0, 0.1) is 0 Å². The van der Waals surface area contributed by atoms with Gasteiger partial charge in [0.2, 0.25) is 0 Å². The van der Waals surface area contributed by atoms with Gasteiger partial charge in [-0.3, -0.25) is 9.59 Å². The summed E-state index contributed by atoms with van der Waals surface area (Å²) in [6.07, 6.45) is 122. The van der Waals surface area contributed by atoms with Gasteiger partial charge in [0.25, 0.3) is 0 Å². The first kappa shape index (κ1) is 97.4. The first-order valence-electron chi connectivity index (χ1n) is 41.9. The zero-order valence-electron chi connectivity index (χ0n) is 66.9. The zero-order chi connectivity index (χ0) is 74.6. The van der Waals surface area contributed by atoms with E-state index in [9.17, 15) is 19.5 Å². The summed E-state index contributed by atoms with van der Waals surface area (Å²) >= 11 is 0. The number of ether oxygens (including phenoxy) is 4. The average molecular weight is 1430 g/mol. The van der Waals surface area contributed by atoms with Crippen LogP contribution in [0.1, 0.15) is 335 Å². The first-order valence-corrected chi connectivity index (χ1v) is 41.9. The van der Waals surface area contributed by atoms with Gasteiger partial charge in [0, 0.05) is 12.8 Å². The highest BCUT2D eigenvalue weighted by molar-refractivity contribution is 5.70. The van der Waals surface area contributed by atoms with E-state index in [1.807, 2.05) is 21.1 Å². The molecule has 0 saturated heterocycles. The number of carbonyl (C=O) groups is 3. The number of carboxylic acids is 1. The van der Waals surface area contributed by atoms with Crippen molar-refractivity contribution in [2.75, 3.05) is 47.5 Å². The maximum absolute atomic E-state index is 13.0. The van der Waals surface area contributed by atoms with Gasteiger partial charge in [-0.2, -0.15) is 0 Å². The Balaban J connectivity index is 4.08. The Bertz CT molecular complexity index is 2360. The molecule has 9 heteroatoms. The van der Waals surface area contributed by atoms with E-state index in [4.69, 9.17) is 18.9 Å². The summed E-state index contributed by atoms with van der Waals surface area (Å²) in [7, 11) is 5.92. The van der Waals surface area contributed by atoms with Gasteiger partial charge in [0.1, 0.15) is 13.2 Å². The number of hydrogen-bond acceptors (Lipinski definition) is 8. The summed E-state index contributed by atoms with van der Waals surface area (Å²) in [4.78, 5) is 37.6. The van der Waals surface area contributed by atoms with Crippen LogP contribution in [-0.2, 0) is 33.3 Å². The van der Waals surface area contributed by atoms with Gasteiger partial charge < -0.3 is 33.3 Å². The van der Waals surface area contributed by atoms with Crippen LogP contribution < -0.4 is 5.11 Å². The van der Waals surface area contributed by atoms with Gasteiger partial charge in [-0.15, -0.1) is 0 Å². The highest BCUT2D eigenvalue weighted by atomic mass is 16.7. The molecule has 0 aliphatic rings. The van der Waals surface area contributed by atoms with Crippen molar-refractivity contribution in [2.45, 2.75) is 347 Å². The number of esters is 2. The third-order valence-corrected chi connectivity index (χ3v) is 17.6. The predicted octanol–water partition coefficient (Wildman–Crippen LogP) is 26.1. The number of allylic oxidation sites excluding steroid dienone is 30. The zero-order valence-corrected chi connectivity index (χ0v) is 66.9. The van der Waals surface area contributed by atoms with Crippen molar-refractivity contribution in [3.05, 3.63) is 182 Å². The first-order chi connectivity index (χ1) is 50.6. The summed E-state index contributed by atoms with van der Waals surface area (Å²) in [5, 5.41) is 11.9. The van der Waals surface area contributed by atoms with Gasteiger partial charge in [0.05, 0.1) is 40.3 Å². The van der Waals surface area contributed by atoms with E-state index < -0.39 is 24.3 Å². The summed E-state index contributed by atoms with van der Waals surface area (Å²) in [5.74, 6) is -2.31. The molecule has 2 unspecified atom stereocenters. The summed E-state index contributed by atoms with van der Waals surface area (Å²) in [6.45, 7) is 4.51. The van der Waals surface area contributed by atoms with Crippen molar-refractivity contribution in [2.24, 2.45) is 0 Å². The molecule has 0 N–H and O–H groups in total. The molecular weight excluding hydrogens is 1270 g/mol. The number of hydrogen-bond donors (Lipinski definition) is 0. The van der Waals surface area contributed by atoms with E-state index in [1.165, 1.54) is 154 Å². The SMILES string of the molecule is CC/C=C\C/C=C\C/C=C\C/C=C\C/C=C\C/C=C\C/C=C\C/C=C\C/C=C\C/C=C\C/C=C\CCCCCCCC(=O)OC(COC(=O)CCCCCCCCCCCCCCCCCCCCCCCCCCCC/C=C\C/C=C\C/C=C\C/C=C\CC)COC(OCC[N+](C)(C)C)C(=O)[O-]. The Labute approximate surface area is 634 Å². The van der Waals surface area contributed by atoms with Crippen molar-refractivity contribution in [1.82, 2.24) is 0 Å². The Morgan fingerprint density at radius 2 is 0.524 bits per heavy atom. The third kappa shape index (κ3) is 83.5. The lowest BCUT2D eigenvalue weighted by Gasteiger charge is -2.26. The van der Waals surface area contributed by atoms with E-state index in [0.717, 1.165) is 148 Å². The van der Waals surface area contributed by atoms with E-state index >= 15 is 0 Å². The summed E-state index contributed by atoms with van der Waals surface area (Å²) < 4.78 is 22.8. The topological polar surface area (TPSA) is 111 Å². The van der Waals surface area contributed by atoms with Crippen LogP contribution >= 0.6 is 0 Å². The van der Waals surface area contributed by atoms with Crippen molar-refractivity contribution in [3.8, 4) is 0 Å². The molecule has 0 saturated carbocycles. The fourth-order valence-corrected chi connectivity index (χ4v) is 11.4. The van der Waals surface area contributed by atoms with E-state index in [1.54, 1.807) is 0 Å². The van der Waals surface area contributed by atoms with Crippen LogP contribution in [0.15, 0.2) is 182 Å². The van der Waals surface area contributed by atoms with Gasteiger partial charge in [0.15, 0.2) is 12.4 Å². The van der Waals surface area contributed by atoms with Gasteiger partial charge in [-0.1, -0.05) is 369 Å². The fraction of sp³-hybridized carbons (Fsp3) is 0.649. The molecule has 0 spiro atoms. The number of unbranched alkanes of at least 4 members (excludes halogenated alkanes) is 31. The van der Waals surface area contributed by atoms with Gasteiger partial charge in [-0.05, 0) is 135 Å². The number of likely N-dealkylation sites (N-methyl/N-ethyl adjacent to an activating group) is 1. The third-order valence-electron chi connectivity index (χ3n) is 17.6. The molecule has 0 amide bonds. The second-order valence-electron chi connectivity index (χ2n) is 28.7. The highest BCUT2D eigenvalue weighted by Crippen LogP contribution is 2.18. The van der Waals surface area contributed by atoms with Crippen molar-refractivity contribution in [3.63, 3.8) is 0 Å². The van der Waals surface area contributed by atoms with Gasteiger partial charge in [-0.25, -0.2) is 0 Å². The lowest BCUT2D eigenvalue weighted by atomic mass is 10.0. The van der Waals surface area contributed by atoms with Crippen molar-refractivity contribution in [1.29, 1.82) is 0 Å². The molecule has 584 valence electrons. The molecule has 0 aromatic rings. The minimum atomic E-state index is -1.64. The van der Waals surface area contributed by atoms with Crippen LogP contribution in [0.4, 0.5) is 0 Å². The Kier molecular flexibility index (Phi) is 77.6. The molecule has 0 aromatic carbocycles. The Morgan fingerprint density at radius 3 is 0.777 bits per heavy atom. The maximum atomic E-state index is 13.0. The molecule has 0 aliphatic carbocycles. The van der Waals surface area contributed by atoms with E-state index in [0.29, 0.717) is 17.4 Å². The minimum absolute atomic E-state index is 0.137. The Hall–Kier alpha value is -5.61. The smallest absolute Gasteiger partial charge is 0.306 e. The number of carbonyl (C=O) groups excluding carboxylic acids is 3. The van der Waals surface area contributed by atoms with E-state index in [2.05, 4.69) is 196 Å². The van der Waals surface area contributed by atoms with Crippen molar-refractivity contribution >= 4 is 17.9 Å². The summed E-state index contributed by atoms with van der Waals surface area (Å²) in [6, 6.07) is 0. The quantitative estimate of drug-likeness (QED) is 0.0195. The highest BCUT2D eigenvalue weighted by Gasteiger charge is 2.22. The molecule has 9 nitrogen and oxygen atoms in total. The second kappa shape index (κ2) is 82.1. The van der Waals surface area contributed by atoms with Crippen LogP contribution in [0.25, 0.3) is 0 Å². The number of nitrogens with zero attached hydrogens (tertiary/aromatic N) is 1. The second-order valence-corrected chi connectivity index (χ2v) is 28.7. The number of carboxylic acid groups (broad SMARTS) is 1. The molecule has 0 radical (unpaired) electrons. The lowest BCUT2D eigenvalue weighted by molar-refractivity contribution is -0.870. The minimum Gasteiger partial charge on any atom is -0.545 e. The monoisotopic (exact) mass is 1430 g/mol. The molecule has 0 heterocycles. The molecule has 0 rings (SSSR count). The number of rotatable bonds is 76. The van der Waals surface area contributed by atoms with Gasteiger partial charge >= 0.3 is 11.9 Å². The van der Waals surface area contributed by atoms with E-state index in [-0.39, 0.29) is 38.6 Å².